The van der Waals surface area contributed by atoms with Gasteiger partial charge >= 0.3 is 5.97 Å². The van der Waals surface area contributed by atoms with Crippen molar-refractivity contribution in [2.75, 3.05) is 13.2 Å². The zero-order valence-electron chi connectivity index (χ0n) is 13.3. The van der Waals surface area contributed by atoms with Crippen LogP contribution in [0.25, 0.3) is 10.6 Å². The van der Waals surface area contributed by atoms with Gasteiger partial charge in [0, 0.05) is 18.5 Å². The summed E-state index contributed by atoms with van der Waals surface area (Å²) in [5, 5.41) is 3.66. The van der Waals surface area contributed by atoms with Gasteiger partial charge in [-0.25, -0.2) is 4.98 Å². The number of carbonyl (C=O) groups is 2. The van der Waals surface area contributed by atoms with Crippen molar-refractivity contribution in [3.63, 3.8) is 0 Å². The van der Waals surface area contributed by atoms with Crippen molar-refractivity contribution in [3.05, 3.63) is 40.9 Å². The predicted molar refractivity (Wildman–Crippen MR) is 90.5 cm³/mol. The molecule has 0 unspecified atom stereocenters. The maximum absolute atomic E-state index is 12.2. The standard InChI is InChI=1S/C17H20N2O3S/c1-3-22-14(20)10-7-11-18-16(21)15-12(2)19-17(23-15)13-8-5-4-6-9-13/h4-6,8-9H,3,7,10-11H2,1-2H3,(H,18,21). The zero-order chi connectivity index (χ0) is 16.7. The highest BCUT2D eigenvalue weighted by Crippen LogP contribution is 2.27. The Hall–Kier alpha value is -2.21. The van der Waals surface area contributed by atoms with Crippen LogP contribution in [0.1, 0.15) is 35.1 Å². The second kappa shape index (κ2) is 8.43. The first-order valence-electron chi connectivity index (χ1n) is 7.58. The minimum absolute atomic E-state index is 0.147. The van der Waals surface area contributed by atoms with E-state index in [1.165, 1.54) is 11.3 Å². The monoisotopic (exact) mass is 332 g/mol. The molecule has 1 aromatic carbocycles. The molecule has 0 radical (unpaired) electrons. The quantitative estimate of drug-likeness (QED) is 0.624. The summed E-state index contributed by atoms with van der Waals surface area (Å²) < 4.78 is 4.85. The lowest BCUT2D eigenvalue weighted by atomic mass is 10.2. The number of amides is 1. The molecule has 2 aromatic rings. The third kappa shape index (κ3) is 4.89. The first-order valence-corrected chi connectivity index (χ1v) is 8.40. The highest BCUT2D eigenvalue weighted by Gasteiger charge is 2.15. The normalized spacial score (nSPS) is 10.3. The van der Waals surface area contributed by atoms with Gasteiger partial charge in [-0.05, 0) is 20.3 Å². The fraction of sp³-hybridized carbons (Fsp3) is 0.353. The Bertz CT molecular complexity index is 668. The first-order chi connectivity index (χ1) is 11.1. The molecule has 0 fully saturated rings. The molecule has 0 aliphatic carbocycles. The van der Waals surface area contributed by atoms with E-state index in [1.807, 2.05) is 37.3 Å². The first kappa shape index (κ1) is 17.1. The van der Waals surface area contributed by atoms with Crippen molar-refractivity contribution in [3.8, 4) is 10.6 Å². The summed E-state index contributed by atoms with van der Waals surface area (Å²) in [6.07, 6.45) is 0.874. The van der Waals surface area contributed by atoms with Gasteiger partial charge in [0.25, 0.3) is 5.91 Å². The van der Waals surface area contributed by atoms with Crippen molar-refractivity contribution >= 4 is 23.2 Å². The summed E-state index contributed by atoms with van der Waals surface area (Å²) in [5.41, 5.74) is 1.72. The van der Waals surface area contributed by atoms with E-state index < -0.39 is 0 Å². The summed E-state index contributed by atoms with van der Waals surface area (Å²) in [6.45, 7) is 4.43. The summed E-state index contributed by atoms with van der Waals surface area (Å²) >= 11 is 1.38. The van der Waals surface area contributed by atoms with Crippen LogP contribution in [0.3, 0.4) is 0 Å². The lowest BCUT2D eigenvalue weighted by Gasteiger charge is -2.04. The molecule has 0 aliphatic heterocycles. The number of thiazole rings is 1. The number of nitrogens with one attached hydrogen (secondary N) is 1. The summed E-state index contributed by atoms with van der Waals surface area (Å²) in [7, 11) is 0. The molecule has 0 spiro atoms. The van der Waals surface area contributed by atoms with E-state index in [0.717, 1.165) is 16.3 Å². The van der Waals surface area contributed by atoms with Crippen LogP contribution in [0.5, 0.6) is 0 Å². The van der Waals surface area contributed by atoms with E-state index >= 15 is 0 Å². The summed E-state index contributed by atoms with van der Waals surface area (Å²) in [4.78, 5) is 28.5. The van der Waals surface area contributed by atoms with E-state index in [1.54, 1.807) is 6.92 Å². The predicted octanol–water partition coefficient (Wildman–Crippen LogP) is 3.19. The highest BCUT2D eigenvalue weighted by molar-refractivity contribution is 7.17. The van der Waals surface area contributed by atoms with Gasteiger partial charge in [-0.2, -0.15) is 0 Å². The Balaban J connectivity index is 1.90. The molecular weight excluding hydrogens is 312 g/mol. The molecule has 0 saturated heterocycles. The zero-order valence-corrected chi connectivity index (χ0v) is 14.1. The van der Waals surface area contributed by atoms with Gasteiger partial charge in [0.15, 0.2) is 0 Å². The van der Waals surface area contributed by atoms with Gasteiger partial charge in [0.1, 0.15) is 9.88 Å². The Morgan fingerprint density at radius 1 is 1.26 bits per heavy atom. The molecule has 0 atom stereocenters. The molecule has 1 amide bonds. The molecule has 6 heteroatoms. The van der Waals surface area contributed by atoms with Crippen molar-refractivity contribution in [1.82, 2.24) is 10.3 Å². The molecule has 1 heterocycles. The number of aromatic nitrogens is 1. The molecule has 122 valence electrons. The van der Waals surface area contributed by atoms with Crippen LogP contribution in [0.15, 0.2) is 30.3 Å². The van der Waals surface area contributed by atoms with E-state index in [4.69, 9.17) is 4.74 Å². The number of hydrogen-bond donors (Lipinski definition) is 1. The van der Waals surface area contributed by atoms with E-state index in [0.29, 0.717) is 30.9 Å². The van der Waals surface area contributed by atoms with Gasteiger partial charge in [0.05, 0.1) is 12.3 Å². The van der Waals surface area contributed by atoms with E-state index in [2.05, 4.69) is 10.3 Å². The lowest BCUT2D eigenvalue weighted by molar-refractivity contribution is -0.143. The van der Waals surface area contributed by atoms with Crippen molar-refractivity contribution in [2.45, 2.75) is 26.7 Å². The molecule has 2 rings (SSSR count). The molecule has 0 saturated carbocycles. The van der Waals surface area contributed by atoms with Crippen molar-refractivity contribution in [1.29, 1.82) is 0 Å². The number of esters is 1. The molecule has 0 bridgehead atoms. The van der Waals surface area contributed by atoms with Crippen LogP contribution < -0.4 is 5.32 Å². The van der Waals surface area contributed by atoms with Gasteiger partial charge in [-0.1, -0.05) is 30.3 Å². The lowest BCUT2D eigenvalue weighted by Crippen LogP contribution is -2.24. The van der Waals surface area contributed by atoms with Crippen LogP contribution in [0, 0.1) is 6.92 Å². The number of hydrogen-bond acceptors (Lipinski definition) is 5. The number of benzene rings is 1. The largest absolute Gasteiger partial charge is 0.466 e. The Labute approximate surface area is 139 Å². The summed E-state index contributed by atoms with van der Waals surface area (Å²) in [6, 6.07) is 9.78. The summed E-state index contributed by atoms with van der Waals surface area (Å²) in [5.74, 6) is -0.381. The molecule has 0 aliphatic rings. The molecule has 23 heavy (non-hydrogen) atoms. The number of aryl methyl sites for hydroxylation is 1. The third-order valence-electron chi connectivity index (χ3n) is 3.17. The van der Waals surface area contributed by atoms with Crippen LogP contribution >= 0.6 is 11.3 Å². The van der Waals surface area contributed by atoms with Crippen LogP contribution in [-0.2, 0) is 9.53 Å². The Morgan fingerprint density at radius 3 is 2.70 bits per heavy atom. The Kier molecular flexibility index (Phi) is 6.29. The van der Waals surface area contributed by atoms with Crippen molar-refractivity contribution in [2.24, 2.45) is 0 Å². The van der Waals surface area contributed by atoms with Gasteiger partial charge in [0.2, 0.25) is 0 Å². The van der Waals surface area contributed by atoms with E-state index in [-0.39, 0.29) is 11.9 Å². The minimum Gasteiger partial charge on any atom is -0.466 e. The van der Waals surface area contributed by atoms with Gasteiger partial charge < -0.3 is 10.1 Å². The van der Waals surface area contributed by atoms with Gasteiger partial charge in [-0.15, -0.1) is 11.3 Å². The highest BCUT2D eigenvalue weighted by atomic mass is 32.1. The second-order valence-corrected chi connectivity index (χ2v) is 5.96. The molecule has 1 aromatic heterocycles. The van der Waals surface area contributed by atoms with E-state index in [9.17, 15) is 9.59 Å². The average molecular weight is 332 g/mol. The minimum atomic E-state index is -0.234. The smallest absolute Gasteiger partial charge is 0.305 e. The van der Waals surface area contributed by atoms with Crippen LogP contribution in [0.2, 0.25) is 0 Å². The maximum Gasteiger partial charge on any atom is 0.305 e. The fourth-order valence-corrected chi connectivity index (χ4v) is 3.05. The topological polar surface area (TPSA) is 68.3 Å². The molecule has 5 nitrogen and oxygen atoms in total. The molecule has 1 N–H and O–H groups in total. The molecular formula is C17H20N2O3S. The van der Waals surface area contributed by atoms with Crippen molar-refractivity contribution < 1.29 is 14.3 Å². The SMILES string of the molecule is CCOC(=O)CCCNC(=O)c1sc(-c2ccccc2)nc1C. The average Bonchev–Trinajstić information content (AvgIpc) is 2.94. The third-order valence-corrected chi connectivity index (χ3v) is 4.38. The maximum atomic E-state index is 12.2. The van der Waals surface area contributed by atoms with Gasteiger partial charge in [-0.3, -0.25) is 9.59 Å². The Morgan fingerprint density at radius 2 is 2.00 bits per heavy atom. The number of rotatable bonds is 7. The van der Waals surface area contributed by atoms with Crippen LogP contribution in [0.4, 0.5) is 0 Å². The number of carbonyl (C=O) groups excluding carboxylic acids is 2. The second-order valence-electron chi connectivity index (χ2n) is 4.96. The number of nitrogens with zero attached hydrogens (tertiary/aromatic N) is 1. The number of ether oxygens (including phenoxy) is 1. The van der Waals surface area contributed by atoms with Crippen LogP contribution in [-0.4, -0.2) is 30.0 Å². The fourth-order valence-electron chi connectivity index (χ4n) is 2.06.